The molecule has 0 unspecified atom stereocenters. The van der Waals surface area contributed by atoms with E-state index in [9.17, 15) is 8.42 Å². The van der Waals surface area contributed by atoms with Crippen molar-refractivity contribution in [2.24, 2.45) is 0 Å². The van der Waals surface area contributed by atoms with Crippen LogP contribution in [0.4, 0.5) is 5.69 Å². The van der Waals surface area contributed by atoms with Crippen LogP contribution in [0.1, 0.15) is 32.1 Å². The molecule has 118 valence electrons. The summed E-state index contributed by atoms with van der Waals surface area (Å²) < 4.78 is 26.1. The number of hydrogen-bond acceptors (Lipinski definition) is 5. The van der Waals surface area contributed by atoms with Gasteiger partial charge < -0.3 is 4.90 Å². The molecule has 2 aliphatic rings. The van der Waals surface area contributed by atoms with Crippen molar-refractivity contribution < 1.29 is 8.42 Å². The predicted octanol–water partition coefficient (Wildman–Crippen LogP) is 3.23. The number of pyridine rings is 1. The summed E-state index contributed by atoms with van der Waals surface area (Å²) in [5.74, 6) is 0.280. The lowest BCUT2D eigenvalue weighted by atomic mass is 9.87. The van der Waals surface area contributed by atoms with E-state index in [0.717, 1.165) is 36.9 Å². The molecule has 2 aromatic rings. The molecule has 2 fully saturated rings. The van der Waals surface area contributed by atoms with Crippen molar-refractivity contribution >= 4 is 37.1 Å². The summed E-state index contributed by atoms with van der Waals surface area (Å²) in [6.07, 6.45) is 6.73. The first kappa shape index (κ1) is 14.5. The molecule has 0 radical (unpaired) electrons. The van der Waals surface area contributed by atoms with E-state index in [2.05, 4.69) is 15.3 Å². The molecule has 1 saturated carbocycles. The van der Waals surface area contributed by atoms with Gasteiger partial charge in [-0.2, -0.15) is 0 Å². The first-order valence-electron chi connectivity index (χ1n) is 7.91. The predicted molar refractivity (Wildman–Crippen MR) is 91.4 cm³/mol. The number of hydrogen-bond donors (Lipinski definition) is 0. The average molecular weight is 336 g/mol. The molecule has 3 heterocycles. The zero-order chi connectivity index (χ0) is 15.2. The van der Waals surface area contributed by atoms with Gasteiger partial charge in [0.1, 0.15) is 0 Å². The van der Waals surface area contributed by atoms with E-state index in [0.29, 0.717) is 13.1 Å². The van der Waals surface area contributed by atoms with Crippen LogP contribution in [0.3, 0.4) is 0 Å². The minimum absolute atomic E-state index is 0.280. The van der Waals surface area contributed by atoms with Crippen molar-refractivity contribution in [3.63, 3.8) is 0 Å². The highest BCUT2D eigenvalue weighted by Gasteiger charge is 2.48. The Labute approximate surface area is 135 Å². The minimum atomic E-state index is -2.98. The Kier molecular flexibility index (Phi) is 3.42. The van der Waals surface area contributed by atoms with Crippen molar-refractivity contribution in [3.8, 4) is 0 Å². The fourth-order valence-electron chi connectivity index (χ4n) is 3.95. The van der Waals surface area contributed by atoms with Crippen LogP contribution in [0, 0.1) is 0 Å². The maximum atomic E-state index is 12.7. The zero-order valence-electron chi connectivity index (χ0n) is 12.5. The maximum absolute atomic E-state index is 12.7. The summed E-state index contributed by atoms with van der Waals surface area (Å²) >= 11 is 1.69. The Bertz CT molecular complexity index is 791. The summed E-state index contributed by atoms with van der Waals surface area (Å²) in [5, 5.41) is 2.05. The molecule has 1 aliphatic heterocycles. The van der Waals surface area contributed by atoms with Gasteiger partial charge in [0.05, 0.1) is 26.4 Å². The molecule has 4 rings (SSSR count). The zero-order valence-corrected chi connectivity index (χ0v) is 14.1. The molecule has 0 N–H and O–H groups in total. The van der Waals surface area contributed by atoms with Gasteiger partial charge in [-0.25, -0.2) is 8.42 Å². The monoisotopic (exact) mass is 336 g/mol. The van der Waals surface area contributed by atoms with E-state index in [-0.39, 0.29) is 5.75 Å². The fraction of sp³-hybridized carbons (Fsp3) is 0.562. The van der Waals surface area contributed by atoms with E-state index >= 15 is 0 Å². The van der Waals surface area contributed by atoms with Crippen LogP contribution in [0.15, 0.2) is 23.7 Å². The molecule has 0 amide bonds. The summed E-state index contributed by atoms with van der Waals surface area (Å²) in [6.45, 7) is 1.24. The molecule has 0 aromatic carbocycles. The molecule has 22 heavy (non-hydrogen) atoms. The van der Waals surface area contributed by atoms with Gasteiger partial charge in [-0.15, -0.1) is 11.3 Å². The smallest absolute Gasteiger partial charge is 0.159 e. The van der Waals surface area contributed by atoms with Crippen LogP contribution in [0.5, 0.6) is 0 Å². The first-order chi connectivity index (χ1) is 10.6. The van der Waals surface area contributed by atoms with Gasteiger partial charge in [0.2, 0.25) is 0 Å². The van der Waals surface area contributed by atoms with Crippen LogP contribution in [0.25, 0.3) is 10.2 Å². The van der Waals surface area contributed by atoms with Crippen molar-refractivity contribution in [2.45, 2.75) is 36.9 Å². The minimum Gasteiger partial charge on any atom is -0.368 e. The SMILES string of the molecule is O=S1(=O)CCN(c2ccnc3ccsc23)CC12CCCCC2. The fourth-order valence-corrected chi connectivity index (χ4v) is 7.00. The second kappa shape index (κ2) is 5.20. The highest BCUT2D eigenvalue weighted by molar-refractivity contribution is 7.92. The largest absolute Gasteiger partial charge is 0.368 e. The molecule has 0 atom stereocenters. The first-order valence-corrected chi connectivity index (χ1v) is 10.4. The van der Waals surface area contributed by atoms with E-state index in [1.807, 2.05) is 18.3 Å². The van der Waals surface area contributed by atoms with E-state index in [1.165, 1.54) is 11.1 Å². The molecular formula is C16H20N2O2S2. The third-order valence-electron chi connectivity index (χ3n) is 5.20. The molecule has 1 aliphatic carbocycles. The molecule has 0 bridgehead atoms. The van der Waals surface area contributed by atoms with Gasteiger partial charge in [-0.05, 0) is 30.4 Å². The van der Waals surface area contributed by atoms with Gasteiger partial charge in [0, 0.05) is 19.3 Å². The Morgan fingerprint density at radius 2 is 2.00 bits per heavy atom. The highest BCUT2D eigenvalue weighted by Crippen LogP contribution is 2.41. The molecule has 1 spiro atoms. The Morgan fingerprint density at radius 3 is 2.82 bits per heavy atom. The number of fused-ring (bicyclic) bond motifs is 1. The van der Waals surface area contributed by atoms with E-state index in [4.69, 9.17) is 0 Å². The van der Waals surface area contributed by atoms with E-state index < -0.39 is 14.6 Å². The van der Waals surface area contributed by atoms with Crippen LogP contribution >= 0.6 is 11.3 Å². The Hall–Kier alpha value is -1.14. The number of rotatable bonds is 1. The van der Waals surface area contributed by atoms with Crippen LogP contribution in [0.2, 0.25) is 0 Å². The van der Waals surface area contributed by atoms with Crippen LogP contribution < -0.4 is 4.90 Å². The number of thiophene rings is 1. The van der Waals surface area contributed by atoms with Gasteiger partial charge in [-0.3, -0.25) is 4.98 Å². The molecule has 4 nitrogen and oxygen atoms in total. The number of aromatic nitrogens is 1. The Morgan fingerprint density at radius 1 is 1.18 bits per heavy atom. The topological polar surface area (TPSA) is 50.3 Å². The maximum Gasteiger partial charge on any atom is 0.159 e. The third-order valence-corrected chi connectivity index (χ3v) is 8.70. The summed E-state index contributed by atoms with van der Waals surface area (Å²) in [5.41, 5.74) is 2.16. The second-order valence-corrected chi connectivity index (χ2v) is 9.87. The second-order valence-electron chi connectivity index (χ2n) is 6.45. The Balaban J connectivity index is 1.74. The normalized spacial score (nSPS) is 23.9. The summed E-state index contributed by atoms with van der Waals surface area (Å²) in [7, 11) is -2.98. The highest BCUT2D eigenvalue weighted by atomic mass is 32.2. The van der Waals surface area contributed by atoms with Gasteiger partial charge in [0.15, 0.2) is 9.84 Å². The summed E-state index contributed by atoms with van der Waals surface area (Å²) in [4.78, 5) is 6.68. The lowest BCUT2D eigenvalue weighted by Crippen LogP contribution is -2.57. The molecule has 6 heteroatoms. The standard InChI is InChI=1S/C16H20N2O2S2/c19-22(20)11-9-18(12-16(22)6-2-1-3-7-16)14-4-8-17-13-5-10-21-15(13)14/h4-5,8,10H,1-3,6-7,9,11-12H2. The molecule has 1 saturated heterocycles. The van der Waals surface area contributed by atoms with Gasteiger partial charge in [0.25, 0.3) is 0 Å². The quantitative estimate of drug-likeness (QED) is 0.802. The molecule has 2 aromatic heterocycles. The number of anilines is 1. The van der Waals surface area contributed by atoms with E-state index in [1.54, 1.807) is 11.3 Å². The van der Waals surface area contributed by atoms with Crippen molar-refractivity contribution in [3.05, 3.63) is 23.7 Å². The van der Waals surface area contributed by atoms with Gasteiger partial charge >= 0.3 is 0 Å². The molecular weight excluding hydrogens is 316 g/mol. The van der Waals surface area contributed by atoms with Gasteiger partial charge in [-0.1, -0.05) is 19.3 Å². The lowest BCUT2D eigenvalue weighted by Gasteiger charge is -2.45. The van der Waals surface area contributed by atoms with Crippen LogP contribution in [-0.4, -0.2) is 37.0 Å². The van der Waals surface area contributed by atoms with Crippen molar-refractivity contribution in [1.29, 1.82) is 0 Å². The number of sulfone groups is 1. The third kappa shape index (κ3) is 2.15. The van der Waals surface area contributed by atoms with Crippen LogP contribution in [-0.2, 0) is 9.84 Å². The van der Waals surface area contributed by atoms with Crippen molar-refractivity contribution in [1.82, 2.24) is 4.98 Å². The number of nitrogens with zero attached hydrogens (tertiary/aromatic N) is 2. The van der Waals surface area contributed by atoms with Crippen molar-refractivity contribution in [2.75, 3.05) is 23.7 Å². The summed E-state index contributed by atoms with van der Waals surface area (Å²) in [6, 6.07) is 4.06. The lowest BCUT2D eigenvalue weighted by molar-refractivity contribution is 0.363. The average Bonchev–Trinajstić information content (AvgIpc) is 3.00.